The molecule has 0 heterocycles. The van der Waals surface area contributed by atoms with E-state index in [-0.39, 0.29) is 71.7 Å². The highest BCUT2D eigenvalue weighted by Crippen LogP contribution is 2.39. The normalized spacial score (nSPS) is 12.4. The maximum absolute atomic E-state index is 13.9. The molecule has 0 aromatic heterocycles. The number of hydrogen-bond acceptors (Lipinski definition) is 21. The van der Waals surface area contributed by atoms with Crippen LogP contribution in [-0.4, -0.2) is 105 Å². The summed E-state index contributed by atoms with van der Waals surface area (Å²) in [5.74, 6) is -4.35. The van der Waals surface area contributed by atoms with Gasteiger partial charge in [0.05, 0.1) is 91.1 Å². The van der Waals surface area contributed by atoms with Gasteiger partial charge in [0.1, 0.15) is 22.9 Å². The molecule has 0 saturated carbocycles. The van der Waals surface area contributed by atoms with E-state index in [2.05, 4.69) is 51.5 Å². The van der Waals surface area contributed by atoms with Crippen molar-refractivity contribution < 1.29 is 86.0 Å². The minimum Gasteiger partial charge on any atom is -0.491 e. The molecule has 8 N–H and O–H groups in total. The Hall–Kier alpha value is -8.83. The van der Waals surface area contributed by atoms with Crippen molar-refractivity contribution in [1.29, 1.82) is 0 Å². The number of anilines is 2. The second kappa shape index (κ2) is 26.6. The third kappa shape index (κ3) is 18.1. The average molecular weight is 1240 g/mol. The minimum absolute atomic E-state index is 0.00955. The van der Waals surface area contributed by atoms with Crippen LogP contribution in [0.2, 0.25) is 0 Å². The predicted molar refractivity (Wildman–Crippen MR) is 303 cm³/mol. The summed E-state index contributed by atoms with van der Waals surface area (Å²) in [6.07, 6.45) is -0.332. The van der Waals surface area contributed by atoms with Gasteiger partial charge in [-0.3, -0.25) is 18.2 Å². The molecule has 444 valence electrons. The van der Waals surface area contributed by atoms with Gasteiger partial charge in [-0.25, -0.2) is 14.4 Å². The molecule has 0 fully saturated rings. The van der Waals surface area contributed by atoms with Crippen LogP contribution in [0.15, 0.2) is 136 Å². The van der Waals surface area contributed by atoms with Gasteiger partial charge in [0.15, 0.2) is 0 Å². The topological polar surface area (TPSA) is 451 Å². The third-order valence-electron chi connectivity index (χ3n) is 11.8. The van der Waals surface area contributed by atoms with E-state index in [9.17, 15) is 76.5 Å². The fourth-order valence-corrected chi connectivity index (χ4v) is 9.41. The quantitative estimate of drug-likeness (QED) is 0.0158. The molecule has 0 unspecified atom stereocenters. The maximum atomic E-state index is 13.9. The Balaban J connectivity index is 1.26. The smallest absolute Gasteiger partial charge is 0.338 e. The molecular formula is C51H52N10O19S4. The lowest BCUT2D eigenvalue weighted by Crippen LogP contribution is -2.21. The number of nitrogens with zero attached hydrogens (tertiary/aromatic N) is 8. The largest absolute Gasteiger partial charge is 0.491 e. The van der Waals surface area contributed by atoms with E-state index >= 15 is 0 Å². The molecule has 0 aliphatic carbocycles. The van der Waals surface area contributed by atoms with Crippen LogP contribution in [0.1, 0.15) is 66.9 Å². The Morgan fingerprint density at radius 1 is 0.405 bits per heavy atom. The number of aromatic carboxylic acids is 2. The SMILES string of the molecule is Cc1cc(N=Nc2ccc(S(=O)(=O)O)cc2C(=O)O)c(C)cc1N=Nc1cc(OCCCS(=O)(=O)O)c(NC(=O)Nc2cc(C)c(N=Nc3cc(C)c(N=Nc4ccc(S(=O)(=O)O)cc4C(=O)O)cc3C)cc2OCCCS(=O)(=O)O)cc1C. The second-order valence-electron chi connectivity index (χ2n) is 18.4. The Kier molecular flexibility index (Phi) is 20.4. The van der Waals surface area contributed by atoms with Crippen LogP contribution in [-0.2, 0) is 40.5 Å². The molecule has 29 nitrogen and oxygen atoms in total. The van der Waals surface area contributed by atoms with Crippen molar-refractivity contribution in [3.05, 3.63) is 129 Å². The van der Waals surface area contributed by atoms with Crippen molar-refractivity contribution >= 4 is 115 Å². The summed E-state index contributed by atoms with van der Waals surface area (Å²) in [6, 6.07) is 17.0. The molecule has 6 rings (SSSR count). The maximum Gasteiger partial charge on any atom is 0.338 e. The molecular weight excluding hydrogens is 1180 g/mol. The van der Waals surface area contributed by atoms with E-state index in [1.807, 2.05) is 0 Å². The standard InChI is InChI=1S/C51H52N10O19S4/c1-27-19-41(29(3)17-39(27)56-54-37-11-9-33(83(73,74)75)23-35(37)49(62)63)58-60-43-25-47(79-13-7-15-81(67,68)69)45(21-31(43)5)52-51(66)53-46-22-32(6)44(26-48(46)80-14-8-16-82(70,71)72)61-59-42-20-28(2)40(18-30(42)4)57-55-38-12-10-34(84(76,77)78)24-36(38)50(64)65/h9-12,17-26H,7-8,13-16H2,1-6H3,(H,62,63)(H,64,65)(H2,52,53,66)(H,67,68,69)(H,70,71,72)(H,73,74,75)(H,76,77,78). The number of carbonyl (C=O) groups excluding carboxylic acids is 1. The second-order valence-corrected chi connectivity index (χ2v) is 24.4. The molecule has 6 aromatic carbocycles. The van der Waals surface area contributed by atoms with E-state index in [1.165, 1.54) is 24.3 Å². The molecule has 0 atom stereocenters. The van der Waals surface area contributed by atoms with Crippen LogP contribution in [0.5, 0.6) is 11.5 Å². The number of ether oxygens (including phenoxy) is 2. The first-order chi connectivity index (χ1) is 39.1. The molecule has 0 aliphatic heterocycles. The molecule has 0 aliphatic rings. The van der Waals surface area contributed by atoms with Gasteiger partial charge in [-0.2, -0.15) is 64.4 Å². The van der Waals surface area contributed by atoms with Gasteiger partial charge in [0.2, 0.25) is 0 Å². The molecule has 33 heteroatoms. The van der Waals surface area contributed by atoms with Crippen LogP contribution in [0.25, 0.3) is 0 Å². The lowest BCUT2D eigenvalue weighted by atomic mass is 10.1. The Morgan fingerprint density at radius 3 is 0.952 bits per heavy atom. The highest BCUT2D eigenvalue weighted by atomic mass is 32.2. The Bertz CT molecular complexity index is 3950. The van der Waals surface area contributed by atoms with Gasteiger partial charge in [-0.05, 0) is 161 Å². The fraction of sp³-hybridized carbons (Fsp3) is 0.235. The summed E-state index contributed by atoms with van der Waals surface area (Å²) < 4.78 is 141. The first-order valence-corrected chi connectivity index (χ1v) is 30.4. The van der Waals surface area contributed by atoms with Crippen LogP contribution >= 0.6 is 0 Å². The highest BCUT2D eigenvalue weighted by Gasteiger charge is 2.21. The van der Waals surface area contributed by atoms with E-state index in [0.29, 0.717) is 56.1 Å². The number of urea groups is 1. The fourth-order valence-electron chi connectivity index (χ4n) is 7.43. The minimum atomic E-state index is -4.70. The predicted octanol–water partition coefficient (Wildman–Crippen LogP) is 12.0. The number of rotatable bonds is 24. The summed E-state index contributed by atoms with van der Waals surface area (Å²) in [5.41, 5.74) is 3.45. The van der Waals surface area contributed by atoms with E-state index in [0.717, 1.165) is 36.4 Å². The van der Waals surface area contributed by atoms with Crippen LogP contribution < -0.4 is 20.1 Å². The molecule has 0 bridgehead atoms. The number of carbonyl (C=O) groups is 3. The lowest BCUT2D eigenvalue weighted by molar-refractivity contribution is 0.0686. The number of nitrogens with one attached hydrogen (secondary N) is 2. The molecule has 2 amide bonds. The van der Waals surface area contributed by atoms with Gasteiger partial charge < -0.3 is 30.3 Å². The van der Waals surface area contributed by atoms with Gasteiger partial charge >= 0.3 is 18.0 Å². The number of aryl methyl sites for hydroxylation is 6. The van der Waals surface area contributed by atoms with Gasteiger partial charge in [-0.1, -0.05) is 0 Å². The van der Waals surface area contributed by atoms with E-state index in [4.69, 9.17) is 9.47 Å². The highest BCUT2D eigenvalue weighted by molar-refractivity contribution is 7.86. The zero-order chi connectivity index (χ0) is 62.1. The first kappa shape index (κ1) is 64.3. The van der Waals surface area contributed by atoms with Crippen molar-refractivity contribution in [2.45, 2.75) is 64.2 Å². The van der Waals surface area contributed by atoms with E-state index in [1.54, 1.807) is 65.8 Å². The summed E-state index contributed by atoms with van der Waals surface area (Å²) in [6.45, 7) is 9.46. The van der Waals surface area contributed by atoms with Crippen LogP contribution in [0, 0.1) is 41.5 Å². The molecule has 0 spiro atoms. The number of carboxylic acids is 2. The van der Waals surface area contributed by atoms with Gasteiger partial charge in [0, 0.05) is 12.1 Å². The molecule has 0 radical (unpaired) electrons. The van der Waals surface area contributed by atoms with Crippen molar-refractivity contribution in [3.63, 3.8) is 0 Å². The first-order valence-electron chi connectivity index (χ1n) is 24.3. The summed E-state index contributed by atoms with van der Waals surface area (Å²) in [7, 11) is -18.1. The Morgan fingerprint density at radius 2 is 0.679 bits per heavy atom. The van der Waals surface area contributed by atoms with Crippen molar-refractivity contribution in [3.8, 4) is 11.5 Å². The number of carboxylic acid groups (broad SMARTS) is 2. The summed E-state index contributed by atoms with van der Waals surface area (Å²) >= 11 is 0. The summed E-state index contributed by atoms with van der Waals surface area (Å²) in [4.78, 5) is 36.3. The number of amides is 2. The van der Waals surface area contributed by atoms with Crippen molar-refractivity contribution in [1.82, 2.24) is 0 Å². The zero-order valence-electron chi connectivity index (χ0n) is 45.0. The van der Waals surface area contributed by atoms with Crippen LogP contribution in [0.3, 0.4) is 0 Å². The number of azo groups is 4. The third-order valence-corrected chi connectivity index (χ3v) is 15.1. The zero-order valence-corrected chi connectivity index (χ0v) is 48.3. The molecule has 0 saturated heterocycles. The summed E-state index contributed by atoms with van der Waals surface area (Å²) in [5, 5.41) is 58.5. The monoisotopic (exact) mass is 1240 g/mol. The number of hydrogen-bond donors (Lipinski definition) is 8. The molecule has 6 aromatic rings. The van der Waals surface area contributed by atoms with Gasteiger partial charge in [0.25, 0.3) is 40.5 Å². The lowest BCUT2D eigenvalue weighted by Gasteiger charge is -2.17. The van der Waals surface area contributed by atoms with Crippen molar-refractivity contribution in [2.75, 3.05) is 35.4 Å². The van der Waals surface area contributed by atoms with Gasteiger partial charge in [-0.15, -0.1) is 10.2 Å². The Labute approximate surface area is 480 Å². The molecule has 84 heavy (non-hydrogen) atoms. The van der Waals surface area contributed by atoms with Crippen LogP contribution in [0.4, 0.5) is 61.7 Å². The van der Waals surface area contributed by atoms with E-state index < -0.39 is 90.9 Å². The average Bonchev–Trinajstić information content (AvgIpc) is 3.35. The number of benzene rings is 6. The van der Waals surface area contributed by atoms with Crippen molar-refractivity contribution in [2.24, 2.45) is 40.9 Å².